The van der Waals surface area contributed by atoms with E-state index in [1.54, 1.807) is 0 Å². The maximum Gasteiger partial charge on any atom is 0.119 e. The molecule has 21 heavy (non-hydrogen) atoms. The number of nitrogens with two attached hydrogens (primary N) is 1. The second-order valence-electron chi connectivity index (χ2n) is 4.97. The van der Waals surface area contributed by atoms with Crippen LogP contribution >= 0.6 is 12.4 Å². The van der Waals surface area contributed by atoms with E-state index in [-0.39, 0.29) is 12.4 Å². The number of hydrogen-bond donors (Lipinski definition) is 1. The topological polar surface area (TPSA) is 35.2 Å². The van der Waals surface area contributed by atoms with Gasteiger partial charge in [-0.3, -0.25) is 0 Å². The van der Waals surface area contributed by atoms with Crippen molar-refractivity contribution in [3.05, 3.63) is 65.7 Å². The Kier molecular flexibility index (Phi) is 8.56. The van der Waals surface area contributed by atoms with E-state index in [0.29, 0.717) is 6.54 Å². The molecule has 3 heteroatoms. The molecule has 0 unspecified atom stereocenters. The van der Waals surface area contributed by atoms with E-state index in [2.05, 4.69) is 42.5 Å². The summed E-state index contributed by atoms with van der Waals surface area (Å²) in [6.07, 6.45) is 4.30. The summed E-state index contributed by atoms with van der Waals surface area (Å²) in [7, 11) is 0. The van der Waals surface area contributed by atoms with E-state index in [1.165, 1.54) is 11.1 Å². The predicted octanol–water partition coefficient (Wildman–Crippen LogP) is 4.01. The van der Waals surface area contributed by atoms with Gasteiger partial charge in [0.15, 0.2) is 0 Å². The lowest BCUT2D eigenvalue weighted by Gasteiger charge is -2.07. The average molecular weight is 306 g/mol. The summed E-state index contributed by atoms with van der Waals surface area (Å²) in [5, 5.41) is 0. The van der Waals surface area contributed by atoms with Gasteiger partial charge in [0.25, 0.3) is 0 Å². The molecule has 0 spiro atoms. The molecule has 0 atom stereocenters. The SMILES string of the molecule is Cl.NCCc1ccc(OCCCCc2ccccc2)cc1. The van der Waals surface area contributed by atoms with Gasteiger partial charge in [-0.1, -0.05) is 42.5 Å². The molecule has 0 aromatic heterocycles. The van der Waals surface area contributed by atoms with Crippen molar-refractivity contribution in [2.24, 2.45) is 5.73 Å². The maximum absolute atomic E-state index is 5.75. The Morgan fingerprint density at radius 2 is 1.43 bits per heavy atom. The summed E-state index contributed by atoms with van der Waals surface area (Å²) < 4.78 is 5.75. The standard InChI is InChI=1S/C18H23NO.ClH/c19-14-13-17-9-11-18(12-10-17)20-15-5-4-8-16-6-2-1-3-7-16;/h1-3,6-7,9-12H,4-5,8,13-15,19H2;1H. The molecule has 2 nitrogen and oxygen atoms in total. The summed E-state index contributed by atoms with van der Waals surface area (Å²) in [5.41, 5.74) is 8.20. The normalized spacial score (nSPS) is 9.95. The van der Waals surface area contributed by atoms with Crippen LogP contribution in [0.3, 0.4) is 0 Å². The Hall–Kier alpha value is -1.51. The molecule has 114 valence electrons. The molecular formula is C18H24ClNO. The van der Waals surface area contributed by atoms with Crippen LogP contribution in [0.4, 0.5) is 0 Å². The Morgan fingerprint density at radius 3 is 2.10 bits per heavy atom. The molecule has 2 rings (SSSR count). The van der Waals surface area contributed by atoms with Crippen LogP contribution in [0.1, 0.15) is 24.0 Å². The van der Waals surface area contributed by atoms with Crippen LogP contribution in [-0.4, -0.2) is 13.2 Å². The van der Waals surface area contributed by atoms with E-state index >= 15 is 0 Å². The molecule has 0 bridgehead atoms. The molecule has 0 fully saturated rings. The molecular weight excluding hydrogens is 282 g/mol. The lowest BCUT2D eigenvalue weighted by Crippen LogP contribution is -2.02. The lowest BCUT2D eigenvalue weighted by molar-refractivity contribution is 0.307. The minimum Gasteiger partial charge on any atom is -0.494 e. The molecule has 2 N–H and O–H groups in total. The van der Waals surface area contributed by atoms with Crippen LogP contribution in [0.5, 0.6) is 5.75 Å². The predicted molar refractivity (Wildman–Crippen MR) is 91.3 cm³/mol. The van der Waals surface area contributed by atoms with Gasteiger partial charge in [-0.2, -0.15) is 0 Å². The Balaban J connectivity index is 0.00000220. The summed E-state index contributed by atoms with van der Waals surface area (Å²) in [4.78, 5) is 0. The maximum atomic E-state index is 5.75. The van der Waals surface area contributed by atoms with Crippen molar-refractivity contribution in [1.29, 1.82) is 0 Å². The van der Waals surface area contributed by atoms with Gasteiger partial charge in [0, 0.05) is 0 Å². The van der Waals surface area contributed by atoms with Gasteiger partial charge >= 0.3 is 0 Å². The monoisotopic (exact) mass is 305 g/mol. The third kappa shape index (κ3) is 6.65. The van der Waals surface area contributed by atoms with Gasteiger partial charge in [0.1, 0.15) is 5.75 Å². The van der Waals surface area contributed by atoms with Gasteiger partial charge in [0.2, 0.25) is 0 Å². The fraction of sp³-hybridized carbons (Fsp3) is 0.333. The summed E-state index contributed by atoms with van der Waals surface area (Å²) >= 11 is 0. The van der Waals surface area contributed by atoms with E-state index < -0.39 is 0 Å². The van der Waals surface area contributed by atoms with Crippen LogP contribution in [0.2, 0.25) is 0 Å². The highest BCUT2D eigenvalue weighted by atomic mass is 35.5. The largest absolute Gasteiger partial charge is 0.494 e. The van der Waals surface area contributed by atoms with Gasteiger partial charge in [-0.25, -0.2) is 0 Å². The molecule has 0 heterocycles. The highest BCUT2D eigenvalue weighted by molar-refractivity contribution is 5.85. The number of benzene rings is 2. The highest BCUT2D eigenvalue weighted by Crippen LogP contribution is 2.13. The second kappa shape index (κ2) is 10.3. The first-order valence-electron chi connectivity index (χ1n) is 7.34. The van der Waals surface area contributed by atoms with Gasteiger partial charge in [-0.15, -0.1) is 12.4 Å². The Bertz CT molecular complexity index is 484. The second-order valence-corrected chi connectivity index (χ2v) is 4.97. The van der Waals surface area contributed by atoms with Gasteiger partial charge < -0.3 is 10.5 Å². The Morgan fingerprint density at radius 1 is 0.762 bits per heavy atom. The van der Waals surface area contributed by atoms with Crippen LogP contribution in [-0.2, 0) is 12.8 Å². The number of unbranched alkanes of at least 4 members (excludes halogenated alkanes) is 1. The van der Waals surface area contributed by atoms with Gasteiger partial charge in [0.05, 0.1) is 6.61 Å². The zero-order valence-corrected chi connectivity index (χ0v) is 13.1. The molecule has 0 aliphatic rings. The minimum atomic E-state index is 0. The quantitative estimate of drug-likeness (QED) is 0.748. The minimum absolute atomic E-state index is 0. The number of hydrogen-bond acceptors (Lipinski definition) is 2. The zero-order chi connectivity index (χ0) is 14.0. The van der Waals surface area contributed by atoms with Crippen LogP contribution in [0.25, 0.3) is 0 Å². The summed E-state index contributed by atoms with van der Waals surface area (Å²) in [6.45, 7) is 1.47. The summed E-state index contributed by atoms with van der Waals surface area (Å²) in [6, 6.07) is 18.8. The van der Waals surface area contributed by atoms with Crippen molar-refractivity contribution in [3.8, 4) is 5.75 Å². The number of aryl methyl sites for hydroxylation is 1. The molecule has 0 saturated carbocycles. The molecule has 0 amide bonds. The van der Waals surface area contributed by atoms with Gasteiger partial charge in [-0.05, 0) is 55.5 Å². The summed E-state index contributed by atoms with van der Waals surface area (Å²) in [5.74, 6) is 0.950. The van der Waals surface area contributed by atoms with E-state index in [4.69, 9.17) is 10.5 Å². The van der Waals surface area contributed by atoms with Crippen molar-refractivity contribution in [1.82, 2.24) is 0 Å². The van der Waals surface area contributed by atoms with Crippen molar-refractivity contribution in [3.63, 3.8) is 0 Å². The van der Waals surface area contributed by atoms with E-state index in [9.17, 15) is 0 Å². The first-order valence-corrected chi connectivity index (χ1v) is 7.34. The molecule has 0 aliphatic carbocycles. The highest BCUT2D eigenvalue weighted by Gasteiger charge is 1.96. The van der Waals surface area contributed by atoms with Crippen LogP contribution < -0.4 is 10.5 Å². The van der Waals surface area contributed by atoms with Crippen LogP contribution in [0, 0.1) is 0 Å². The van der Waals surface area contributed by atoms with Crippen LogP contribution in [0.15, 0.2) is 54.6 Å². The zero-order valence-electron chi connectivity index (χ0n) is 12.3. The fourth-order valence-corrected chi connectivity index (χ4v) is 2.18. The van der Waals surface area contributed by atoms with E-state index in [0.717, 1.165) is 38.0 Å². The first-order chi connectivity index (χ1) is 9.88. The number of halogens is 1. The smallest absolute Gasteiger partial charge is 0.119 e. The third-order valence-corrected chi connectivity index (χ3v) is 3.33. The van der Waals surface area contributed by atoms with Crippen molar-refractivity contribution in [2.75, 3.05) is 13.2 Å². The molecule has 0 saturated heterocycles. The first kappa shape index (κ1) is 17.5. The molecule has 0 aliphatic heterocycles. The van der Waals surface area contributed by atoms with Crippen molar-refractivity contribution < 1.29 is 4.74 Å². The number of ether oxygens (including phenoxy) is 1. The fourth-order valence-electron chi connectivity index (χ4n) is 2.18. The van der Waals surface area contributed by atoms with Crippen molar-refractivity contribution >= 4 is 12.4 Å². The third-order valence-electron chi connectivity index (χ3n) is 3.33. The molecule has 2 aromatic carbocycles. The van der Waals surface area contributed by atoms with E-state index in [1.807, 2.05) is 12.1 Å². The molecule has 0 radical (unpaired) electrons. The lowest BCUT2D eigenvalue weighted by atomic mass is 10.1. The van der Waals surface area contributed by atoms with Crippen molar-refractivity contribution in [2.45, 2.75) is 25.7 Å². The molecule has 2 aromatic rings. The Labute approximate surface area is 133 Å². The number of rotatable bonds is 8. The average Bonchev–Trinajstić information content (AvgIpc) is 2.50.